The Morgan fingerprint density at radius 3 is 2.41 bits per heavy atom. The Kier molecular flexibility index (Phi) is 8.61. The zero-order valence-corrected chi connectivity index (χ0v) is 12.0. The lowest BCUT2D eigenvalue weighted by Gasteiger charge is -2.32. The zero-order chi connectivity index (χ0) is 12.0. The fraction of sp³-hybridized carbons (Fsp3) is 0.923. The van der Waals surface area contributed by atoms with Crippen molar-refractivity contribution in [3.63, 3.8) is 0 Å². The molecule has 4 heteroatoms. The first-order valence-corrected chi connectivity index (χ1v) is 6.73. The first-order valence-electron chi connectivity index (χ1n) is 6.73. The molecule has 1 fully saturated rings. The summed E-state index contributed by atoms with van der Waals surface area (Å²) in [5, 5.41) is 0. The summed E-state index contributed by atoms with van der Waals surface area (Å²) in [5.74, 6) is 0.608. The highest BCUT2D eigenvalue weighted by Crippen LogP contribution is 2.18. The van der Waals surface area contributed by atoms with Crippen molar-refractivity contribution in [2.75, 3.05) is 13.1 Å². The molecule has 102 valence electrons. The van der Waals surface area contributed by atoms with Gasteiger partial charge in [0.1, 0.15) is 0 Å². The summed E-state index contributed by atoms with van der Waals surface area (Å²) in [6.07, 6.45) is 6.30. The van der Waals surface area contributed by atoms with Gasteiger partial charge in [0.2, 0.25) is 5.91 Å². The third-order valence-corrected chi connectivity index (χ3v) is 3.60. The fourth-order valence-electron chi connectivity index (χ4n) is 2.33. The van der Waals surface area contributed by atoms with Crippen LogP contribution < -0.4 is 5.73 Å². The minimum atomic E-state index is 0. The summed E-state index contributed by atoms with van der Waals surface area (Å²) in [6, 6.07) is 0.305. The maximum atomic E-state index is 12.2. The number of piperidine rings is 1. The van der Waals surface area contributed by atoms with Gasteiger partial charge in [0, 0.05) is 25.0 Å². The predicted molar refractivity (Wildman–Crippen MR) is 74.3 cm³/mol. The molecule has 3 nitrogen and oxygen atoms in total. The molecule has 0 radical (unpaired) electrons. The average Bonchev–Trinajstić information content (AvgIpc) is 2.30. The Bertz CT molecular complexity index is 209. The number of hydrogen-bond donors (Lipinski definition) is 1. The van der Waals surface area contributed by atoms with Crippen LogP contribution in [0.25, 0.3) is 0 Å². The molecular weight excluding hydrogens is 236 g/mol. The van der Waals surface area contributed by atoms with E-state index in [0.717, 1.165) is 45.2 Å². The largest absolute Gasteiger partial charge is 0.342 e. The molecule has 17 heavy (non-hydrogen) atoms. The molecule has 1 rings (SSSR count). The number of rotatable bonds is 5. The first kappa shape index (κ1) is 16.7. The molecule has 0 saturated carbocycles. The van der Waals surface area contributed by atoms with Crippen LogP contribution in [0.3, 0.4) is 0 Å². The summed E-state index contributed by atoms with van der Waals surface area (Å²) in [6.45, 7) is 6.02. The van der Waals surface area contributed by atoms with E-state index in [4.69, 9.17) is 5.73 Å². The SMILES string of the molecule is CCCCC(CC)C(=O)N1CCC(N)CC1.Cl. The molecule has 1 unspecified atom stereocenters. The molecule has 0 aromatic rings. The fourth-order valence-corrected chi connectivity index (χ4v) is 2.33. The van der Waals surface area contributed by atoms with Crippen LogP contribution in [-0.4, -0.2) is 29.9 Å². The molecule has 0 aromatic heterocycles. The maximum absolute atomic E-state index is 12.2. The summed E-state index contributed by atoms with van der Waals surface area (Å²) in [7, 11) is 0. The van der Waals surface area contributed by atoms with E-state index >= 15 is 0 Å². The Hall–Kier alpha value is -0.280. The van der Waals surface area contributed by atoms with Crippen molar-refractivity contribution in [2.45, 2.75) is 58.4 Å². The van der Waals surface area contributed by atoms with Gasteiger partial charge in [-0.05, 0) is 25.7 Å². The van der Waals surface area contributed by atoms with E-state index in [0.29, 0.717) is 11.9 Å². The Morgan fingerprint density at radius 1 is 1.35 bits per heavy atom. The Balaban J connectivity index is 0.00000256. The van der Waals surface area contributed by atoms with Crippen LogP contribution in [-0.2, 0) is 4.79 Å². The maximum Gasteiger partial charge on any atom is 0.225 e. The molecule has 1 aliphatic rings. The van der Waals surface area contributed by atoms with Crippen molar-refractivity contribution in [3.05, 3.63) is 0 Å². The van der Waals surface area contributed by atoms with E-state index in [1.807, 2.05) is 4.90 Å². The van der Waals surface area contributed by atoms with Gasteiger partial charge >= 0.3 is 0 Å². The van der Waals surface area contributed by atoms with Crippen LogP contribution in [0.1, 0.15) is 52.4 Å². The van der Waals surface area contributed by atoms with Gasteiger partial charge in [0.25, 0.3) is 0 Å². The quantitative estimate of drug-likeness (QED) is 0.828. The lowest BCUT2D eigenvalue weighted by molar-refractivity contribution is -0.137. The van der Waals surface area contributed by atoms with Gasteiger partial charge < -0.3 is 10.6 Å². The van der Waals surface area contributed by atoms with Gasteiger partial charge in [-0.25, -0.2) is 0 Å². The summed E-state index contributed by atoms with van der Waals surface area (Å²) < 4.78 is 0. The van der Waals surface area contributed by atoms with Crippen LogP contribution in [0, 0.1) is 5.92 Å². The zero-order valence-electron chi connectivity index (χ0n) is 11.2. The predicted octanol–water partition coefficient (Wildman–Crippen LogP) is 2.57. The first-order chi connectivity index (χ1) is 7.69. The number of amides is 1. The van der Waals surface area contributed by atoms with Crippen molar-refractivity contribution in [2.24, 2.45) is 11.7 Å². The number of nitrogens with zero attached hydrogens (tertiary/aromatic N) is 1. The molecule has 0 spiro atoms. The van der Waals surface area contributed by atoms with Gasteiger partial charge in [-0.2, -0.15) is 0 Å². The van der Waals surface area contributed by atoms with Gasteiger partial charge in [-0.15, -0.1) is 12.4 Å². The van der Waals surface area contributed by atoms with E-state index in [-0.39, 0.29) is 18.3 Å². The number of likely N-dealkylation sites (tertiary alicyclic amines) is 1. The molecule has 0 aliphatic carbocycles. The van der Waals surface area contributed by atoms with Crippen molar-refractivity contribution >= 4 is 18.3 Å². The van der Waals surface area contributed by atoms with Crippen molar-refractivity contribution in [1.82, 2.24) is 4.90 Å². The van der Waals surface area contributed by atoms with E-state index < -0.39 is 0 Å². The second-order valence-electron chi connectivity index (χ2n) is 4.91. The average molecular weight is 263 g/mol. The monoisotopic (exact) mass is 262 g/mol. The standard InChI is InChI=1S/C13H26N2O.ClH/c1-3-5-6-11(4-2)13(16)15-9-7-12(14)8-10-15;/h11-12H,3-10,14H2,1-2H3;1H. The number of carbonyl (C=O) groups is 1. The third-order valence-electron chi connectivity index (χ3n) is 3.60. The molecule has 0 aromatic carbocycles. The van der Waals surface area contributed by atoms with E-state index in [1.54, 1.807) is 0 Å². The number of carbonyl (C=O) groups excluding carboxylic acids is 1. The van der Waals surface area contributed by atoms with Gasteiger partial charge in [0.15, 0.2) is 0 Å². The molecule has 1 heterocycles. The van der Waals surface area contributed by atoms with Crippen LogP contribution in [0.2, 0.25) is 0 Å². The Morgan fingerprint density at radius 2 is 1.94 bits per heavy atom. The highest BCUT2D eigenvalue weighted by atomic mass is 35.5. The smallest absolute Gasteiger partial charge is 0.225 e. The summed E-state index contributed by atoms with van der Waals surface area (Å²) in [4.78, 5) is 14.2. The van der Waals surface area contributed by atoms with E-state index in [1.165, 1.54) is 6.42 Å². The van der Waals surface area contributed by atoms with E-state index in [2.05, 4.69) is 13.8 Å². The highest BCUT2D eigenvalue weighted by Gasteiger charge is 2.25. The number of hydrogen-bond acceptors (Lipinski definition) is 2. The molecule has 1 atom stereocenters. The normalized spacial score (nSPS) is 18.6. The minimum Gasteiger partial charge on any atom is -0.342 e. The van der Waals surface area contributed by atoms with Crippen LogP contribution >= 0.6 is 12.4 Å². The molecule has 1 amide bonds. The lowest BCUT2D eigenvalue weighted by atomic mass is 9.96. The van der Waals surface area contributed by atoms with Crippen molar-refractivity contribution in [3.8, 4) is 0 Å². The Labute approximate surface area is 112 Å². The van der Waals surface area contributed by atoms with Crippen LogP contribution in [0.15, 0.2) is 0 Å². The molecular formula is C13H27ClN2O. The van der Waals surface area contributed by atoms with E-state index in [9.17, 15) is 4.79 Å². The highest BCUT2D eigenvalue weighted by molar-refractivity contribution is 5.85. The van der Waals surface area contributed by atoms with Crippen LogP contribution in [0.4, 0.5) is 0 Å². The number of halogens is 1. The molecule has 2 N–H and O–H groups in total. The molecule has 1 aliphatic heterocycles. The lowest BCUT2D eigenvalue weighted by Crippen LogP contribution is -2.45. The topological polar surface area (TPSA) is 46.3 Å². The van der Waals surface area contributed by atoms with Gasteiger partial charge in [0.05, 0.1) is 0 Å². The summed E-state index contributed by atoms with van der Waals surface area (Å²) in [5.41, 5.74) is 5.85. The third kappa shape index (κ3) is 5.26. The summed E-state index contributed by atoms with van der Waals surface area (Å²) >= 11 is 0. The molecule has 1 saturated heterocycles. The van der Waals surface area contributed by atoms with Crippen LogP contribution in [0.5, 0.6) is 0 Å². The van der Waals surface area contributed by atoms with Crippen molar-refractivity contribution in [1.29, 1.82) is 0 Å². The molecule has 0 bridgehead atoms. The number of unbranched alkanes of at least 4 members (excludes halogenated alkanes) is 1. The minimum absolute atomic E-state index is 0. The van der Waals surface area contributed by atoms with Crippen molar-refractivity contribution < 1.29 is 4.79 Å². The van der Waals surface area contributed by atoms with Gasteiger partial charge in [-0.3, -0.25) is 4.79 Å². The second-order valence-corrected chi connectivity index (χ2v) is 4.91. The van der Waals surface area contributed by atoms with Gasteiger partial charge in [-0.1, -0.05) is 26.7 Å². The number of nitrogens with two attached hydrogens (primary N) is 1. The second kappa shape index (κ2) is 8.76.